The van der Waals surface area contributed by atoms with Gasteiger partial charge in [-0.3, -0.25) is 0 Å². The van der Waals surface area contributed by atoms with Gasteiger partial charge in [0, 0.05) is 18.2 Å². The molecule has 0 amide bonds. The summed E-state index contributed by atoms with van der Waals surface area (Å²) < 4.78 is 22.3. The van der Waals surface area contributed by atoms with Crippen molar-refractivity contribution >= 4 is 23.9 Å². The Labute approximate surface area is 337 Å². The summed E-state index contributed by atoms with van der Waals surface area (Å²) in [6.07, 6.45) is 23.9. The number of ether oxygens (including phenoxy) is 4. The van der Waals surface area contributed by atoms with Crippen molar-refractivity contribution in [2.75, 3.05) is 6.61 Å². The fourth-order valence-electron chi connectivity index (χ4n) is 15.1. The molecule has 0 saturated heterocycles. The Balaban J connectivity index is 0.000000142. The predicted molar refractivity (Wildman–Crippen MR) is 217 cm³/mol. The first-order chi connectivity index (χ1) is 26.2. The van der Waals surface area contributed by atoms with Gasteiger partial charge in [-0.2, -0.15) is 0 Å². The van der Waals surface area contributed by atoms with Gasteiger partial charge in [0.25, 0.3) is 0 Å². The van der Waals surface area contributed by atoms with Crippen molar-refractivity contribution in [2.45, 2.75) is 155 Å². The molecule has 0 aromatic carbocycles. The van der Waals surface area contributed by atoms with E-state index >= 15 is 0 Å². The van der Waals surface area contributed by atoms with Crippen molar-refractivity contribution in [1.29, 1.82) is 0 Å². The predicted octanol–water partition coefficient (Wildman–Crippen LogP) is 10.00. The topological polar surface area (TPSA) is 105 Å². The molecule has 0 aromatic rings. The molecular weight excluding hydrogens is 705 g/mol. The summed E-state index contributed by atoms with van der Waals surface area (Å²) >= 11 is 0. The number of hydrogen-bond acceptors (Lipinski definition) is 8. The summed E-state index contributed by atoms with van der Waals surface area (Å²) in [5, 5.41) is 0. The van der Waals surface area contributed by atoms with Crippen molar-refractivity contribution in [3.8, 4) is 0 Å². The lowest BCUT2D eigenvalue weighted by Gasteiger charge is -2.61. The van der Waals surface area contributed by atoms with Gasteiger partial charge in [-0.25, -0.2) is 19.2 Å². The van der Waals surface area contributed by atoms with Crippen LogP contribution in [-0.2, 0) is 38.1 Å². The van der Waals surface area contributed by atoms with Crippen molar-refractivity contribution in [2.24, 2.45) is 76.9 Å². The largest absolute Gasteiger partial charge is 0.456 e. The molecule has 0 aliphatic heterocycles. The molecule has 8 nitrogen and oxygen atoms in total. The normalized spacial score (nSPS) is 43.5. The SMILES string of the molecule is C.C=CC(=O)OC1(C(C)C)C2CC3CC(C2)CC1C3.C=CC(=O)OC1(CC)C2CC3CC(C2)CC1C3.C=CC(=O)OCC(=O)OC1(C)C2CC3CC(C2)CC1C3. The maximum Gasteiger partial charge on any atom is 0.344 e. The lowest BCUT2D eigenvalue weighted by atomic mass is 9.47. The zero-order valence-electron chi connectivity index (χ0n) is 34.1. The van der Waals surface area contributed by atoms with E-state index in [1.165, 1.54) is 108 Å². The van der Waals surface area contributed by atoms with E-state index in [0.717, 1.165) is 48.0 Å². The molecule has 0 atom stereocenters. The fourth-order valence-corrected chi connectivity index (χ4v) is 15.1. The number of rotatable bonds is 10. The molecule has 8 heteroatoms. The monoisotopic (exact) mass is 777 g/mol. The summed E-state index contributed by atoms with van der Waals surface area (Å²) in [5.41, 5.74) is -0.706. The maximum absolute atomic E-state index is 11.9. The first kappa shape index (κ1) is 42.7. The Hall–Kier alpha value is -2.90. The van der Waals surface area contributed by atoms with Crippen LogP contribution in [0, 0.1) is 76.9 Å². The lowest BCUT2D eigenvalue weighted by molar-refractivity contribution is -0.220. The summed E-state index contributed by atoms with van der Waals surface area (Å²) in [4.78, 5) is 46.3. The average molecular weight is 777 g/mol. The molecule has 12 fully saturated rings. The van der Waals surface area contributed by atoms with Crippen LogP contribution in [0.4, 0.5) is 0 Å². The van der Waals surface area contributed by atoms with Gasteiger partial charge < -0.3 is 18.9 Å². The van der Waals surface area contributed by atoms with Crippen LogP contribution in [-0.4, -0.2) is 47.3 Å². The molecule has 0 aromatic heterocycles. The molecule has 12 aliphatic carbocycles. The van der Waals surface area contributed by atoms with Gasteiger partial charge in [-0.15, -0.1) is 0 Å². The molecule has 0 spiro atoms. The van der Waals surface area contributed by atoms with E-state index in [0.29, 0.717) is 41.4 Å². The van der Waals surface area contributed by atoms with E-state index in [9.17, 15) is 19.2 Å². The van der Waals surface area contributed by atoms with Gasteiger partial charge in [0.15, 0.2) is 6.61 Å². The summed E-state index contributed by atoms with van der Waals surface area (Å²) in [6.45, 7) is 18.8. The van der Waals surface area contributed by atoms with E-state index in [4.69, 9.17) is 18.9 Å². The highest BCUT2D eigenvalue weighted by Gasteiger charge is 2.61. The molecule has 12 bridgehead atoms. The second-order valence-corrected chi connectivity index (χ2v) is 20.0. The van der Waals surface area contributed by atoms with Gasteiger partial charge in [-0.1, -0.05) is 47.9 Å². The van der Waals surface area contributed by atoms with Crippen LogP contribution < -0.4 is 0 Å². The Kier molecular flexibility index (Phi) is 12.8. The first-order valence-electron chi connectivity index (χ1n) is 22.0. The van der Waals surface area contributed by atoms with Crippen LogP contribution in [0.1, 0.15) is 138 Å². The molecule has 12 aliphatic rings. The minimum atomic E-state index is -0.586. The highest BCUT2D eigenvalue weighted by atomic mass is 16.6. The van der Waals surface area contributed by atoms with Gasteiger partial charge in [0.1, 0.15) is 16.8 Å². The highest BCUT2D eigenvalue weighted by Crippen LogP contribution is 2.63. The molecule has 0 N–H and O–H groups in total. The second kappa shape index (κ2) is 16.8. The molecule has 12 saturated carbocycles. The Bertz CT molecular complexity index is 1420. The van der Waals surface area contributed by atoms with Crippen LogP contribution >= 0.6 is 0 Å². The zero-order valence-corrected chi connectivity index (χ0v) is 34.1. The zero-order chi connectivity index (χ0) is 39.3. The van der Waals surface area contributed by atoms with Crippen molar-refractivity contribution in [3.63, 3.8) is 0 Å². The van der Waals surface area contributed by atoms with E-state index in [-0.39, 0.29) is 42.8 Å². The molecule has 0 radical (unpaired) electrons. The van der Waals surface area contributed by atoms with Crippen LogP contribution in [0.5, 0.6) is 0 Å². The summed E-state index contributed by atoms with van der Waals surface area (Å²) in [6, 6.07) is 0. The third kappa shape index (κ3) is 7.82. The highest BCUT2D eigenvalue weighted by molar-refractivity contribution is 5.84. The second-order valence-electron chi connectivity index (χ2n) is 20.0. The molecule has 56 heavy (non-hydrogen) atoms. The number of esters is 4. The molecule has 0 heterocycles. The van der Waals surface area contributed by atoms with E-state index in [2.05, 4.69) is 47.4 Å². The minimum absolute atomic E-state index is 0. The van der Waals surface area contributed by atoms with Crippen LogP contribution in [0.3, 0.4) is 0 Å². The van der Waals surface area contributed by atoms with Crippen molar-refractivity contribution in [1.82, 2.24) is 0 Å². The summed E-state index contributed by atoms with van der Waals surface area (Å²) in [7, 11) is 0. The number of carbonyl (C=O) groups excluding carboxylic acids is 4. The van der Waals surface area contributed by atoms with Gasteiger partial charge in [0.2, 0.25) is 0 Å². The Morgan fingerprint density at radius 2 is 0.911 bits per heavy atom. The standard InChI is InChI=1S/C16H22O4.C16H24O2.C15H22O2.CH4/c1-3-14(17)19-9-15(18)20-16(2)12-5-10-4-11(7-12)8-13(16)6-10;1-4-15(17)18-16(10(2)3)13-6-11-5-12(8-13)9-14(16)7-11;1-3-14(16)17-15(4-2)12-6-10-5-11(8-12)9-13(15)7-10;/h3,10-13H,1,4-9H2,2H3;4,10-14H,1,5-9H2,2-3H3;3,10-13H,1,4-9H2,2H3;1H4. The van der Waals surface area contributed by atoms with Crippen LogP contribution in [0.2, 0.25) is 0 Å². The summed E-state index contributed by atoms with van der Waals surface area (Å²) in [5.74, 6) is 7.65. The van der Waals surface area contributed by atoms with Gasteiger partial charge >= 0.3 is 23.9 Å². The Morgan fingerprint density at radius 3 is 1.27 bits per heavy atom. The number of hydrogen-bond donors (Lipinski definition) is 0. The van der Waals surface area contributed by atoms with E-state index in [1.807, 2.05) is 0 Å². The molecule has 312 valence electrons. The van der Waals surface area contributed by atoms with E-state index in [1.54, 1.807) is 0 Å². The van der Waals surface area contributed by atoms with Gasteiger partial charge in [0.05, 0.1) is 0 Å². The van der Waals surface area contributed by atoms with Crippen LogP contribution in [0.25, 0.3) is 0 Å². The third-order valence-corrected chi connectivity index (χ3v) is 16.9. The molecular formula is C48H72O8. The van der Waals surface area contributed by atoms with Crippen molar-refractivity contribution in [3.05, 3.63) is 38.0 Å². The first-order valence-corrected chi connectivity index (χ1v) is 22.0. The maximum atomic E-state index is 11.9. The average Bonchev–Trinajstić information content (AvgIpc) is 3.15. The lowest BCUT2D eigenvalue weighted by Crippen LogP contribution is -2.62. The quantitative estimate of drug-likeness (QED) is 0.123. The van der Waals surface area contributed by atoms with Crippen molar-refractivity contribution < 1.29 is 38.1 Å². The van der Waals surface area contributed by atoms with Crippen LogP contribution in [0.15, 0.2) is 38.0 Å². The minimum Gasteiger partial charge on any atom is -0.456 e. The smallest absolute Gasteiger partial charge is 0.344 e. The third-order valence-electron chi connectivity index (χ3n) is 16.9. The fraction of sp³-hybridized carbons (Fsp3) is 0.792. The van der Waals surface area contributed by atoms with E-state index < -0.39 is 11.9 Å². The van der Waals surface area contributed by atoms with Gasteiger partial charge in [-0.05, 0) is 187 Å². The molecule has 12 rings (SSSR count). The Morgan fingerprint density at radius 1 is 0.554 bits per heavy atom. The molecule has 0 unspecified atom stereocenters. The number of carbonyl (C=O) groups is 4.